The van der Waals surface area contributed by atoms with Crippen molar-refractivity contribution in [1.29, 1.82) is 0 Å². The summed E-state index contributed by atoms with van der Waals surface area (Å²) in [6.45, 7) is 0. The molecule has 0 aromatic heterocycles. The van der Waals surface area contributed by atoms with Crippen LogP contribution in [0.15, 0.2) is 12.2 Å². The first-order valence-electron chi connectivity index (χ1n) is 2.15. The molecule has 1 heterocycles. The van der Waals surface area contributed by atoms with Crippen molar-refractivity contribution < 1.29 is 0 Å². The van der Waals surface area contributed by atoms with Crippen LogP contribution in [0.25, 0.3) is 0 Å². The minimum absolute atomic E-state index is 0.0578. The summed E-state index contributed by atoms with van der Waals surface area (Å²) in [6, 6.07) is 0. The SMILES string of the molecule is C1=C[CH2][SnH2][CH2]1. The van der Waals surface area contributed by atoms with Crippen LogP contribution in [0.4, 0.5) is 0 Å². The van der Waals surface area contributed by atoms with Gasteiger partial charge in [-0.15, -0.1) is 0 Å². The molecule has 1 rings (SSSR count). The third-order valence-electron chi connectivity index (χ3n) is 0.908. The van der Waals surface area contributed by atoms with E-state index in [1.54, 1.807) is 0 Å². The topological polar surface area (TPSA) is 0 Å². The van der Waals surface area contributed by atoms with Crippen LogP contribution >= 0.6 is 0 Å². The molecule has 0 bridgehead atoms. The molecule has 0 N–H and O–H groups in total. The van der Waals surface area contributed by atoms with Gasteiger partial charge in [-0.2, -0.15) is 0 Å². The summed E-state index contributed by atoms with van der Waals surface area (Å²) >= 11 is -0.0578. The van der Waals surface area contributed by atoms with Gasteiger partial charge in [-0.1, -0.05) is 0 Å². The summed E-state index contributed by atoms with van der Waals surface area (Å²) in [7, 11) is 0. The Balaban J connectivity index is 2.32. The monoisotopic (exact) mass is 176 g/mol. The van der Waals surface area contributed by atoms with Crippen LogP contribution in [0.5, 0.6) is 0 Å². The molecule has 0 amide bonds. The zero-order valence-electron chi connectivity index (χ0n) is 3.28. The summed E-state index contributed by atoms with van der Waals surface area (Å²) < 4.78 is 3.06. The second kappa shape index (κ2) is 1.85. The summed E-state index contributed by atoms with van der Waals surface area (Å²) in [5.74, 6) is 0. The van der Waals surface area contributed by atoms with Crippen LogP contribution in [0.2, 0.25) is 8.87 Å². The Kier molecular flexibility index (Phi) is 1.38. The molecule has 28 valence electrons. The maximum atomic E-state index is 2.33. The van der Waals surface area contributed by atoms with E-state index < -0.39 is 0 Å². The van der Waals surface area contributed by atoms with E-state index in [4.69, 9.17) is 0 Å². The predicted octanol–water partition coefficient (Wildman–Crippen LogP) is 0.562. The first kappa shape index (κ1) is 3.72. The van der Waals surface area contributed by atoms with Crippen LogP contribution in [0, 0.1) is 0 Å². The quantitative estimate of drug-likeness (QED) is 0.372. The van der Waals surface area contributed by atoms with Crippen molar-refractivity contribution in [3.8, 4) is 0 Å². The van der Waals surface area contributed by atoms with Crippen molar-refractivity contribution in [2.24, 2.45) is 0 Å². The predicted molar refractivity (Wildman–Crippen MR) is 27.3 cm³/mol. The molecule has 0 fully saturated rings. The Hall–Kier alpha value is 0.539. The fourth-order valence-electron chi connectivity index (χ4n) is 0.589. The normalized spacial score (nSPS) is 20.8. The standard InChI is InChI=1S/C4H6.Sn.2H/c1-3-4-2;;;/h3-4H,1-2H2;;;. The second-order valence-corrected chi connectivity index (χ2v) is 6.72. The third kappa shape index (κ3) is 0.954. The molecule has 0 nitrogen and oxygen atoms in total. The van der Waals surface area contributed by atoms with Crippen LogP contribution in [-0.4, -0.2) is 21.1 Å². The molecule has 0 radical (unpaired) electrons. The Morgan fingerprint density at radius 1 is 1.20 bits per heavy atom. The van der Waals surface area contributed by atoms with Crippen molar-refractivity contribution in [2.75, 3.05) is 0 Å². The summed E-state index contributed by atoms with van der Waals surface area (Å²) in [5.41, 5.74) is 0. The number of hydrogen-bond donors (Lipinski definition) is 0. The van der Waals surface area contributed by atoms with E-state index in [2.05, 4.69) is 12.2 Å². The van der Waals surface area contributed by atoms with E-state index in [0.29, 0.717) is 0 Å². The molecule has 1 heteroatoms. The molecule has 0 saturated heterocycles. The van der Waals surface area contributed by atoms with Crippen LogP contribution in [0.1, 0.15) is 0 Å². The Bertz CT molecular complexity index is 41.6. The van der Waals surface area contributed by atoms with Gasteiger partial charge in [0.15, 0.2) is 0 Å². The van der Waals surface area contributed by atoms with Crippen molar-refractivity contribution in [3.05, 3.63) is 12.2 Å². The van der Waals surface area contributed by atoms with Gasteiger partial charge in [0.25, 0.3) is 0 Å². The molecular weight excluding hydrogens is 167 g/mol. The molecule has 0 aromatic rings. The Morgan fingerprint density at radius 3 is 2.00 bits per heavy atom. The van der Waals surface area contributed by atoms with Crippen LogP contribution in [-0.2, 0) is 0 Å². The average Bonchev–Trinajstić information content (AvgIpc) is 1.76. The molecular formula is C4H8Sn. The summed E-state index contributed by atoms with van der Waals surface area (Å²) in [6.07, 6.45) is 4.66. The molecule has 5 heavy (non-hydrogen) atoms. The van der Waals surface area contributed by atoms with Crippen LogP contribution in [0.3, 0.4) is 0 Å². The molecule has 1 aliphatic rings. The van der Waals surface area contributed by atoms with Crippen molar-refractivity contribution in [1.82, 2.24) is 0 Å². The van der Waals surface area contributed by atoms with E-state index in [0.717, 1.165) is 0 Å². The van der Waals surface area contributed by atoms with Crippen molar-refractivity contribution in [3.63, 3.8) is 0 Å². The zero-order valence-corrected chi connectivity index (χ0v) is 7.31. The van der Waals surface area contributed by atoms with Crippen molar-refractivity contribution >= 4 is 21.1 Å². The Morgan fingerprint density at radius 2 is 1.80 bits per heavy atom. The summed E-state index contributed by atoms with van der Waals surface area (Å²) in [4.78, 5) is 0. The van der Waals surface area contributed by atoms with E-state index in [1.165, 1.54) is 8.87 Å². The number of allylic oxidation sites excluding steroid dienone is 2. The van der Waals surface area contributed by atoms with Gasteiger partial charge in [-0.3, -0.25) is 0 Å². The summed E-state index contributed by atoms with van der Waals surface area (Å²) in [5, 5.41) is 0. The molecule has 0 aliphatic carbocycles. The third-order valence-corrected chi connectivity index (χ3v) is 5.14. The molecule has 0 atom stereocenters. The van der Waals surface area contributed by atoms with Gasteiger partial charge in [0, 0.05) is 0 Å². The zero-order chi connectivity index (χ0) is 3.54. The van der Waals surface area contributed by atoms with Gasteiger partial charge in [0.1, 0.15) is 0 Å². The molecule has 0 spiro atoms. The van der Waals surface area contributed by atoms with Gasteiger partial charge >= 0.3 is 42.2 Å². The number of hydrogen-bond acceptors (Lipinski definition) is 0. The van der Waals surface area contributed by atoms with Crippen molar-refractivity contribution in [2.45, 2.75) is 8.87 Å². The average molecular weight is 175 g/mol. The fourth-order valence-corrected chi connectivity index (χ4v) is 3.95. The maximum absolute atomic E-state index is 2.33. The van der Waals surface area contributed by atoms with E-state index in [-0.39, 0.29) is 21.1 Å². The fraction of sp³-hybridized carbons (Fsp3) is 0.500. The molecule has 0 saturated carbocycles. The molecule has 0 unspecified atom stereocenters. The first-order chi connectivity index (χ1) is 2.50. The van der Waals surface area contributed by atoms with Crippen LogP contribution < -0.4 is 0 Å². The number of rotatable bonds is 0. The molecule has 1 aliphatic heterocycles. The first-order valence-corrected chi connectivity index (χ1v) is 7.86. The second-order valence-electron chi connectivity index (χ2n) is 1.40. The van der Waals surface area contributed by atoms with E-state index in [9.17, 15) is 0 Å². The van der Waals surface area contributed by atoms with E-state index >= 15 is 0 Å². The van der Waals surface area contributed by atoms with Gasteiger partial charge in [0.2, 0.25) is 0 Å². The van der Waals surface area contributed by atoms with E-state index in [1.807, 2.05) is 0 Å². The Labute approximate surface area is 42.5 Å². The molecule has 0 aromatic carbocycles. The van der Waals surface area contributed by atoms with Gasteiger partial charge in [-0.05, 0) is 0 Å². The van der Waals surface area contributed by atoms with Gasteiger partial charge < -0.3 is 0 Å². The van der Waals surface area contributed by atoms with Gasteiger partial charge in [-0.25, -0.2) is 0 Å². The van der Waals surface area contributed by atoms with Gasteiger partial charge in [0.05, 0.1) is 0 Å². The minimum atomic E-state index is -0.0578.